The van der Waals surface area contributed by atoms with Crippen molar-refractivity contribution in [3.8, 4) is 0 Å². The Kier molecular flexibility index (Phi) is 3.56. The van der Waals surface area contributed by atoms with Gasteiger partial charge < -0.3 is 15.0 Å². The van der Waals surface area contributed by atoms with E-state index in [1.165, 1.54) is 5.69 Å². The molecule has 0 saturated carbocycles. The monoisotopic (exact) mass is 265 g/mol. The normalized spacial score (nSPS) is 19.9. The summed E-state index contributed by atoms with van der Waals surface area (Å²) >= 11 is 0. The van der Waals surface area contributed by atoms with Crippen molar-refractivity contribution in [1.29, 1.82) is 0 Å². The van der Waals surface area contributed by atoms with Crippen molar-refractivity contribution >= 4 is 6.09 Å². The van der Waals surface area contributed by atoms with Gasteiger partial charge in [0.25, 0.3) is 0 Å². The van der Waals surface area contributed by atoms with Gasteiger partial charge in [0, 0.05) is 11.6 Å². The van der Waals surface area contributed by atoms with Crippen LogP contribution in [-0.4, -0.2) is 21.7 Å². The van der Waals surface area contributed by atoms with Crippen LogP contribution in [-0.2, 0) is 11.2 Å². The van der Waals surface area contributed by atoms with E-state index in [9.17, 15) is 4.79 Å². The molecule has 0 aromatic carbocycles. The molecule has 1 aromatic heterocycles. The van der Waals surface area contributed by atoms with E-state index in [1.54, 1.807) is 0 Å². The van der Waals surface area contributed by atoms with Gasteiger partial charge in [0.2, 0.25) is 0 Å². The number of alkyl carbamates (subject to hydrolysis) is 1. The smallest absolute Gasteiger partial charge is 0.408 e. The topological polar surface area (TPSA) is 67.0 Å². The van der Waals surface area contributed by atoms with Crippen molar-refractivity contribution in [3.63, 3.8) is 0 Å². The van der Waals surface area contributed by atoms with Crippen molar-refractivity contribution in [1.82, 2.24) is 15.3 Å². The maximum atomic E-state index is 11.7. The lowest BCUT2D eigenvalue weighted by molar-refractivity contribution is 0.0506. The van der Waals surface area contributed by atoms with Gasteiger partial charge in [0.05, 0.1) is 11.7 Å². The summed E-state index contributed by atoms with van der Waals surface area (Å²) in [6, 6.07) is -0.173. The molecule has 5 heteroatoms. The second-order valence-corrected chi connectivity index (χ2v) is 6.29. The van der Waals surface area contributed by atoms with Crippen molar-refractivity contribution in [2.75, 3.05) is 0 Å². The first kappa shape index (κ1) is 13.9. The Labute approximate surface area is 114 Å². The summed E-state index contributed by atoms with van der Waals surface area (Å²) in [5.41, 5.74) is 1.87. The van der Waals surface area contributed by atoms with Gasteiger partial charge in [-0.05, 0) is 40.5 Å². The number of carbonyl (C=O) groups excluding carboxylic acids is 1. The summed E-state index contributed by atoms with van der Waals surface area (Å²) in [4.78, 5) is 19.6. The van der Waals surface area contributed by atoms with Crippen LogP contribution in [0.3, 0.4) is 0 Å². The van der Waals surface area contributed by atoms with Gasteiger partial charge in [0.1, 0.15) is 11.4 Å². The molecule has 0 spiro atoms. The number of aryl methyl sites for hydroxylation is 1. The largest absolute Gasteiger partial charge is 0.444 e. The summed E-state index contributed by atoms with van der Waals surface area (Å²) in [5.74, 6) is 1.32. The SMILES string of the molecule is CC1CCc2[nH]c(C(C)NC(=O)OC(C)(C)C)nc21. The summed E-state index contributed by atoms with van der Waals surface area (Å²) < 4.78 is 5.24. The number of hydrogen-bond acceptors (Lipinski definition) is 3. The van der Waals surface area contributed by atoms with Crippen molar-refractivity contribution in [2.45, 2.75) is 65.0 Å². The summed E-state index contributed by atoms with van der Waals surface area (Å²) in [6.07, 6.45) is 1.79. The third kappa shape index (κ3) is 3.28. The average molecular weight is 265 g/mol. The molecular formula is C14H23N3O2. The molecule has 19 heavy (non-hydrogen) atoms. The number of aromatic amines is 1. The maximum absolute atomic E-state index is 11.7. The zero-order chi connectivity index (χ0) is 14.2. The Hall–Kier alpha value is -1.52. The molecule has 106 valence electrons. The van der Waals surface area contributed by atoms with Crippen LogP contribution in [0.2, 0.25) is 0 Å². The number of rotatable bonds is 2. The van der Waals surface area contributed by atoms with Crippen LogP contribution in [0.25, 0.3) is 0 Å². The molecule has 5 nitrogen and oxygen atoms in total. The fourth-order valence-electron chi connectivity index (χ4n) is 2.30. The lowest BCUT2D eigenvalue weighted by atomic mass is 10.1. The predicted octanol–water partition coefficient (Wildman–Crippen LogP) is 3.05. The minimum atomic E-state index is -0.483. The minimum absolute atomic E-state index is 0.173. The summed E-state index contributed by atoms with van der Waals surface area (Å²) in [5, 5.41) is 2.80. The zero-order valence-electron chi connectivity index (χ0n) is 12.3. The number of nitrogens with one attached hydrogen (secondary N) is 2. The quantitative estimate of drug-likeness (QED) is 0.863. The molecule has 2 unspecified atom stereocenters. The van der Waals surface area contributed by atoms with E-state index in [4.69, 9.17) is 4.74 Å². The predicted molar refractivity (Wildman–Crippen MR) is 73.1 cm³/mol. The lowest BCUT2D eigenvalue weighted by Crippen LogP contribution is -2.34. The van der Waals surface area contributed by atoms with Crippen molar-refractivity contribution in [2.24, 2.45) is 0 Å². The molecule has 2 atom stereocenters. The van der Waals surface area contributed by atoms with Gasteiger partial charge in [0.15, 0.2) is 0 Å². The summed E-state index contributed by atoms with van der Waals surface area (Å²) in [6.45, 7) is 9.63. The third-order valence-electron chi connectivity index (χ3n) is 3.27. The highest BCUT2D eigenvalue weighted by Gasteiger charge is 2.25. The molecule has 0 saturated heterocycles. The Morgan fingerprint density at radius 2 is 2.21 bits per heavy atom. The van der Waals surface area contributed by atoms with E-state index in [0.29, 0.717) is 5.92 Å². The number of ether oxygens (including phenoxy) is 1. The number of hydrogen-bond donors (Lipinski definition) is 2. The number of amides is 1. The maximum Gasteiger partial charge on any atom is 0.408 e. The van der Waals surface area contributed by atoms with Crippen LogP contribution in [0.5, 0.6) is 0 Å². The first-order valence-corrected chi connectivity index (χ1v) is 6.84. The van der Waals surface area contributed by atoms with Gasteiger partial charge in [-0.2, -0.15) is 0 Å². The molecule has 0 radical (unpaired) electrons. The Morgan fingerprint density at radius 3 is 2.79 bits per heavy atom. The number of imidazole rings is 1. The molecule has 1 aliphatic carbocycles. The van der Waals surface area contributed by atoms with E-state index >= 15 is 0 Å². The molecule has 1 aromatic rings. The molecule has 0 bridgehead atoms. The van der Waals surface area contributed by atoms with Crippen LogP contribution < -0.4 is 5.32 Å². The highest BCUT2D eigenvalue weighted by molar-refractivity contribution is 5.68. The van der Waals surface area contributed by atoms with Gasteiger partial charge in [-0.25, -0.2) is 9.78 Å². The van der Waals surface area contributed by atoms with Crippen LogP contribution >= 0.6 is 0 Å². The van der Waals surface area contributed by atoms with Crippen molar-refractivity contribution < 1.29 is 9.53 Å². The van der Waals surface area contributed by atoms with E-state index < -0.39 is 11.7 Å². The fraction of sp³-hybridized carbons (Fsp3) is 0.714. The molecule has 2 rings (SSSR count). The Bertz CT molecular complexity index is 474. The Balaban J connectivity index is 1.99. The van der Waals surface area contributed by atoms with E-state index in [2.05, 4.69) is 22.2 Å². The van der Waals surface area contributed by atoms with Gasteiger partial charge in [-0.1, -0.05) is 6.92 Å². The first-order valence-electron chi connectivity index (χ1n) is 6.84. The number of H-pyrrole nitrogens is 1. The zero-order valence-corrected chi connectivity index (χ0v) is 12.3. The number of carbonyl (C=O) groups is 1. The average Bonchev–Trinajstić information content (AvgIpc) is 2.78. The first-order chi connectivity index (χ1) is 8.76. The van der Waals surface area contributed by atoms with Crippen LogP contribution in [0.1, 0.15) is 70.2 Å². The number of aromatic nitrogens is 2. The molecular weight excluding hydrogens is 242 g/mol. The lowest BCUT2D eigenvalue weighted by Gasteiger charge is -2.21. The molecule has 0 aliphatic heterocycles. The Morgan fingerprint density at radius 1 is 1.53 bits per heavy atom. The van der Waals surface area contributed by atoms with Crippen molar-refractivity contribution in [3.05, 3.63) is 17.2 Å². The number of fused-ring (bicyclic) bond motifs is 1. The fourth-order valence-corrected chi connectivity index (χ4v) is 2.30. The second kappa shape index (κ2) is 4.87. The molecule has 2 N–H and O–H groups in total. The third-order valence-corrected chi connectivity index (χ3v) is 3.27. The highest BCUT2D eigenvalue weighted by Crippen LogP contribution is 2.31. The van der Waals surface area contributed by atoms with E-state index in [-0.39, 0.29) is 6.04 Å². The van der Waals surface area contributed by atoms with E-state index in [0.717, 1.165) is 24.4 Å². The van der Waals surface area contributed by atoms with E-state index in [1.807, 2.05) is 27.7 Å². The van der Waals surface area contributed by atoms with Crippen LogP contribution in [0.4, 0.5) is 4.79 Å². The standard InChI is InChI=1S/C14H23N3O2/c1-8-6-7-10-11(8)17-12(16-10)9(2)15-13(18)19-14(3,4)5/h8-9H,6-7H2,1-5H3,(H,15,18)(H,16,17). The molecule has 1 aliphatic rings. The van der Waals surface area contributed by atoms with Crippen LogP contribution in [0, 0.1) is 0 Å². The van der Waals surface area contributed by atoms with Crippen LogP contribution in [0.15, 0.2) is 0 Å². The minimum Gasteiger partial charge on any atom is -0.444 e. The summed E-state index contributed by atoms with van der Waals surface area (Å²) in [7, 11) is 0. The highest BCUT2D eigenvalue weighted by atomic mass is 16.6. The van der Waals surface area contributed by atoms with Gasteiger partial charge in [-0.3, -0.25) is 0 Å². The number of nitrogens with zero attached hydrogens (tertiary/aromatic N) is 1. The second-order valence-electron chi connectivity index (χ2n) is 6.29. The van der Waals surface area contributed by atoms with Gasteiger partial charge in [-0.15, -0.1) is 0 Å². The van der Waals surface area contributed by atoms with Gasteiger partial charge >= 0.3 is 6.09 Å². The molecule has 1 amide bonds. The molecule has 1 heterocycles. The molecule has 0 fully saturated rings.